The van der Waals surface area contributed by atoms with Crippen molar-refractivity contribution in [1.29, 1.82) is 0 Å². The van der Waals surface area contributed by atoms with Gasteiger partial charge in [0.1, 0.15) is 17.1 Å². The van der Waals surface area contributed by atoms with Crippen LogP contribution in [0.2, 0.25) is 0 Å². The van der Waals surface area contributed by atoms with Crippen LogP contribution in [0.15, 0.2) is 18.3 Å². The number of ether oxygens (including phenoxy) is 2. The molecule has 2 aromatic rings. The number of hydrogen-bond donors (Lipinski definition) is 1. The van der Waals surface area contributed by atoms with E-state index in [1.54, 1.807) is 13.2 Å². The number of methoxy groups -OCH3 is 2. The molecule has 0 aliphatic carbocycles. The standard InChI is InChI=1S/C12H15N3O3/c1-13-7-9-14-10(12(16)18-3)11-8(17-2)5-4-6-15(9)11/h4-6,13H,7H2,1-3H3. The van der Waals surface area contributed by atoms with E-state index in [0.29, 0.717) is 17.8 Å². The molecule has 0 unspecified atom stereocenters. The summed E-state index contributed by atoms with van der Waals surface area (Å²) >= 11 is 0. The monoisotopic (exact) mass is 249 g/mol. The molecule has 2 rings (SSSR count). The summed E-state index contributed by atoms with van der Waals surface area (Å²) in [5, 5.41) is 3.01. The van der Waals surface area contributed by atoms with Gasteiger partial charge < -0.3 is 14.8 Å². The molecule has 6 nitrogen and oxygen atoms in total. The summed E-state index contributed by atoms with van der Waals surface area (Å²) in [5.41, 5.74) is 0.886. The lowest BCUT2D eigenvalue weighted by Crippen LogP contribution is -2.09. The van der Waals surface area contributed by atoms with Gasteiger partial charge in [-0.05, 0) is 19.2 Å². The van der Waals surface area contributed by atoms with E-state index in [2.05, 4.69) is 10.3 Å². The van der Waals surface area contributed by atoms with Crippen molar-refractivity contribution in [3.8, 4) is 5.75 Å². The molecule has 0 spiro atoms. The van der Waals surface area contributed by atoms with Crippen molar-refractivity contribution in [1.82, 2.24) is 14.7 Å². The molecule has 0 radical (unpaired) electrons. The molecule has 96 valence electrons. The van der Waals surface area contributed by atoms with Crippen LogP contribution >= 0.6 is 0 Å². The molecular weight excluding hydrogens is 234 g/mol. The first-order valence-electron chi connectivity index (χ1n) is 5.49. The minimum atomic E-state index is -0.473. The highest BCUT2D eigenvalue weighted by atomic mass is 16.5. The fourth-order valence-corrected chi connectivity index (χ4v) is 1.86. The third-order valence-corrected chi connectivity index (χ3v) is 2.63. The predicted octanol–water partition coefficient (Wildman–Crippen LogP) is 0.849. The third-order valence-electron chi connectivity index (χ3n) is 2.63. The molecule has 0 amide bonds. The molecule has 2 aromatic heterocycles. The number of carbonyl (C=O) groups is 1. The van der Waals surface area contributed by atoms with E-state index in [-0.39, 0.29) is 5.69 Å². The lowest BCUT2D eigenvalue weighted by Gasteiger charge is -2.05. The fraction of sp³-hybridized carbons (Fsp3) is 0.333. The van der Waals surface area contributed by atoms with E-state index in [1.165, 1.54) is 7.11 Å². The van der Waals surface area contributed by atoms with Gasteiger partial charge in [0, 0.05) is 6.20 Å². The SMILES string of the molecule is CNCc1nc(C(=O)OC)c2c(OC)cccn12. The Morgan fingerprint density at radius 3 is 2.89 bits per heavy atom. The number of esters is 1. The maximum absolute atomic E-state index is 11.7. The highest BCUT2D eigenvalue weighted by Gasteiger charge is 2.20. The third kappa shape index (κ3) is 1.91. The Hall–Kier alpha value is -2.08. The summed E-state index contributed by atoms with van der Waals surface area (Å²) in [7, 11) is 4.71. The second kappa shape index (κ2) is 5.05. The molecular formula is C12H15N3O3. The first kappa shape index (κ1) is 12.4. The lowest BCUT2D eigenvalue weighted by molar-refractivity contribution is 0.0596. The highest BCUT2D eigenvalue weighted by molar-refractivity contribution is 5.97. The fourth-order valence-electron chi connectivity index (χ4n) is 1.86. The summed E-state index contributed by atoms with van der Waals surface area (Å²) in [4.78, 5) is 16.0. The number of fused-ring (bicyclic) bond motifs is 1. The number of hydrogen-bond acceptors (Lipinski definition) is 5. The molecule has 18 heavy (non-hydrogen) atoms. The normalized spacial score (nSPS) is 10.6. The van der Waals surface area contributed by atoms with Gasteiger partial charge >= 0.3 is 5.97 Å². The van der Waals surface area contributed by atoms with Crippen LogP contribution in [0.3, 0.4) is 0 Å². The molecule has 0 aromatic carbocycles. The van der Waals surface area contributed by atoms with Crippen molar-refractivity contribution in [3.05, 3.63) is 29.8 Å². The molecule has 0 saturated carbocycles. The van der Waals surface area contributed by atoms with Gasteiger partial charge in [0.15, 0.2) is 5.69 Å². The Morgan fingerprint density at radius 2 is 2.28 bits per heavy atom. The molecule has 2 heterocycles. The molecule has 6 heteroatoms. The molecule has 0 atom stereocenters. The van der Waals surface area contributed by atoms with Gasteiger partial charge in [0.05, 0.1) is 20.8 Å². The molecule has 0 aliphatic rings. The number of rotatable bonds is 4. The summed E-state index contributed by atoms with van der Waals surface area (Å²) in [5.74, 6) is 0.846. The Bertz CT molecular complexity index is 577. The first-order valence-corrected chi connectivity index (χ1v) is 5.49. The van der Waals surface area contributed by atoms with Gasteiger partial charge in [0.25, 0.3) is 0 Å². The van der Waals surface area contributed by atoms with Crippen LogP contribution in [0.5, 0.6) is 5.75 Å². The van der Waals surface area contributed by atoms with Crippen molar-refractivity contribution < 1.29 is 14.3 Å². The van der Waals surface area contributed by atoms with Crippen molar-refractivity contribution in [2.24, 2.45) is 0 Å². The van der Waals surface area contributed by atoms with Crippen LogP contribution in [-0.4, -0.2) is 36.6 Å². The number of pyridine rings is 1. The zero-order valence-electron chi connectivity index (χ0n) is 10.6. The van der Waals surface area contributed by atoms with Crippen molar-refractivity contribution in [2.45, 2.75) is 6.54 Å². The summed E-state index contributed by atoms with van der Waals surface area (Å²) in [6, 6.07) is 3.63. The Morgan fingerprint density at radius 1 is 1.50 bits per heavy atom. The van der Waals surface area contributed by atoms with Gasteiger partial charge in [-0.2, -0.15) is 0 Å². The predicted molar refractivity (Wildman–Crippen MR) is 65.8 cm³/mol. The number of carbonyl (C=O) groups excluding carboxylic acids is 1. The second-order valence-corrected chi connectivity index (χ2v) is 3.69. The van der Waals surface area contributed by atoms with E-state index < -0.39 is 5.97 Å². The first-order chi connectivity index (χ1) is 8.72. The lowest BCUT2D eigenvalue weighted by atomic mass is 10.3. The highest BCUT2D eigenvalue weighted by Crippen LogP contribution is 2.24. The van der Waals surface area contributed by atoms with Gasteiger partial charge in [-0.1, -0.05) is 0 Å². The van der Waals surface area contributed by atoms with E-state index >= 15 is 0 Å². The number of imidazole rings is 1. The van der Waals surface area contributed by atoms with Crippen molar-refractivity contribution in [2.75, 3.05) is 21.3 Å². The summed E-state index contributed by atoms with van der Waals surface area (Å²) in [6.45, 7) is 0.547. The van der Waals surface area contributed by atoms with Crippen LogP contribution in [0.4, 0.5) is 0 Å². The van der Waals surface area contributed by atoms with Crippen molar-refractivity contribution >= 4 is 11.5 Å². The van der Waals surface area contributed by atoms with Gasteiger partial charge in [0.2, 0.25) is 0 Å². The quantitative estimate of drug-likeness (QED) is 0.814. The zero-order chi connectivity index (χ0) is 13.1. The van der Waals surface area contributed by atoms with E-state index in [1.807, 2.05) is 23.7 Å². The Kier molecular flexibility index (Phi) is 3.47. The van der Waals surface area contributed by atoms with Crippen LogP contribution in [0.1, 0.15) is 16.3 Å². The average molecular weight is 249 g/mol. The zero-order valence-corrected chi connectivity index (χ0v) is 10.6. The van der Waals surface area contributed by atoms with Crippen molar-refractivity contribution in [3.63, 3.8) is 0 Å². The maximum Gasteiger partial charge on any atom is 0.359 e. The Balaban J connectivity index is 2.72. The molecule has 1 N–H and O–H groups in total. The van der Waals surface area contributed by atoms with Gasteiger partial charge in [-0.25, -0.2) is 9.78 Å². The molecule has 0 fully saturated rings. The molecule has 0 aliphatic heterocycles. The van der Waals surface area contributed by atoms with Gasteiger partial charge in [-0.3, -0.25) is 4.40 Å². The Labute approximate surface area is 105 Å². The van der Waals surface area contributed by atoms with Crippen LogP contribution in [0.25, 0.3) is 5.52 Å². The van der Waals surface area contributed by atoms with Crippen LogP contribution in [0, 0.1) is 0 Å². The minimum Gasteiger partial charge on any atom is -0.494 e. The summed E-state index contributed by atoms with van der Waals surface area (Å²) < 4.78 is 11.8. The largest absolute Gasteiger partial charge is 0.494 e. The second-order valence-electron chi connectivity index (χ2n) is 3.69. The molecule has 0 saturated heterocycles. The van der Waals surface area contributed by atoms with Gasteiger partial charge in [-0.15, -0.1) is 0 Å². The smallest absolute Gasteiger partial charge is 0.359 e. The van der Waals surface area contributed by atoms with Crippen LogP contribution in [-0.2, 0) is 11.3 Å². The van der Waals surface area contributed by atoms with Crippen LogP contribution < -0.4 is 10.1 Å². The average Bonchev–Trinajstić information content (AvgIpc) is 2.77. The topological polar surface area (TPSA) is 64.9 Å². The van der Waals surface area contributed by atoms with E-state index in [4.69, 9.17) is 9.47 Å². The number of nitrogens with one attached hydrogen (secondary N) is 1. The number of aromatic nitrogens is 2. The number of nitrogens with zero attached hydrogens (tertiary/aromatic N) is 2. The molecule has 0 bridgehead atoms. The van der Waals surface area contributed by atoms with E-state index in [9.17, 15) is 4.79 Å². The summed E-state index contributed by atoms with van der Waals surface area (Å²) in [6.07, 6.45) is 1.84. The van der Waals surface area contributed by atoms with E-state index in [0.717, 1.165) is 5.82 Å². The maximum atomic E-state index is 11.7. The minimum absolute atomic E-state index is 0.264.